The second-order valence-corrected chi connectivity index (χ2v) is 7.51. The van der Waals surface area contributed by atoms with Crippen LogP contribution in [0.15, 0.2) is 65.1 Å². The molecule has 1 heterocycles. The number of carbonyl (C=O) groups excluding carboxylic acids is 1. The zero-order valence-electron chi connectivity index (χ0n) is 14.2. The molecule has 0 radical (unpaired) electrons. The molecule has 0 saturated carbocycles. The molecule has 27 heavy (non-hydrogen) atoms. The number of ketones is 1. The fourth-order valence-electron chi connectivity index (χ4n) is 3.09. The first kappa shape index (κ1) is 18.1. The molecule has 0 atom stereocenters. The van der Waals surface area contributed by atoms with Crippen molar-refractivity contribution in [3.63, 3.8) is 0 Å². The maximum Gasteiger partial charge on any atom is 0.229 e. The van der Waals surface area contributed by atoms with Crippen LogP contribution in [0, 0.1) is 6.92 Å². The first-order valence-electron chi connectivity index (χ1n) is 8.23. The van der Waals surface area contributed by atoms with Crippen LogP contribution in [0.2, 0.25) is 15.1 Å². The fourth-order valence-corrected chi connectivity index (χ4v) is 3.77. The van der Waals surface area contributed by atoms with Gasteiger partial charge in [-0.1, -0.05) is 59.1 Å². The van der Waals surface area contributed by atoms with Crippen LogP contribution in [-0.2, 0) is 0 Å². The van der Waals surface area contributed by atoms with Gasteiger partial charge in [-0.25, -0.2) is 0 Å². The number of rotatable bonds is 3. The summed E-state index contributed by atoms with van der Waals surface area (Å²) in [5.74, 6) is 0.00661. The zero-order valence-corrected chi connectivity index (χ0v) is 16.5. The molecule has 0 fully saturated rings. The summed E-state index contributed by atoms with van der Waals surface area (Å²) in [4.78, 5) is 12.9. The van der Waals surface area contributed by atoms with Crippen molar-refractivity contribution in [3.05, 3.63) is 92.6 Å². The summed E-state index contributed by atoms with van der Waals surface area (Å²) in [6.45, 7) is 1.86. The highest BCUT2D eigenvalue weighted by Gasteiger charge is 2.21. The van der Waals surface area contributed by atoms with Gasteiger partial charge in [-0.15, -0.1) is 0 Å². The van der Waals surface area contributed by atoms with Crippen LogP contribution >= 0.6 is 34.8 Å². The van der Waals surface area contributed by atoms with E-state index in [0.717, 1.165) is 22.1 Å². The van der Waals surface area contributed by atoms with Crippen LogP contribution in [0.25, 0.3) is 22.1 Å². The summed E-state index contributed by atoms with van der Waals surface area (Å²) in [6.07, 6.45) is 0. The second-order valence-electron chi connectivity index (χ2n) is 6.23. The number of hydrogen-bond donors (Lipinski definition) is 0. The highest BCUT2D eigenvalue weighted by Crippen LogP contribution is 2.33. The summed E-state index contributed by atoms with van der Waals surface area (Å²) >= 11 is 18.2. The Labute approximate surface area is 171 Å². The molecule has 3 aromatic carbocycles. The quantitative estimate of drug-likeness (QED) is 0.322. The van der Waals surface area contributed by atoms with E-state index < -0.39 is 0 Å². The Morgan fingerprint density at radius 2 is 1.59 bits per heavy atom. The predicted molar refractivity (Wildman–Crippen MR) is 111 cm³/mol. The van der Waals surface area contributed by atoms with Crippen LogP contribution in [-0.4, -0.2) is 5.78 Å². The van der Waals surface area contributed by atoms with E-state index in [9.17, 15) is 4.79 Å². The van der Waals surface area contributed by atoms with Gasteiger partial charge < -0.3 is 4.42 Å². The molecule has 134 valence electrons. The maximum atomic E-state index is 12.9. The van der Waals surface area contributed by atoms with Gasteiger partial charge in [0.2, 0.25) is 5.78 Å². The van der Waals surface area contributed by atoms with Crippen molar-refractivity contribution in [2.45, 2.75) is 6.92 Å². The molecule has 4 aromatic rings. The average Bonchev–Trinajstić information content (AvgIpc) is 2.97. The Hall–Kier alpha value is -2.26. The summed E-state index contributed by atoms with van der Waals surface area (Å²) in [6, 6.07) is 18.2. The lowest BCUT2D eigenvalue weighted by molar-refractivity contribution is 0.101. The lowest BCUT2D eigenvalue weighted by Crippen LogP contribution is -2.02. The summed E-state index contributed by atoms with van der Waals surface area (Å²) in [5.41, 5.74) is 3.71. The molecule has 0 aliphatic rings. The normalized spacial score (nSPS) is 11.1. The van der Waals surface area contributed by atoms with Gasteiger partial charge in [0.05, 0.1) is 5.02 Å². The lowest BCUT2D eigenvalue weighted by Gasteiger charge is -2.02. The molecule has 1 aromatic heterocycles. The van der Waals surface area contributed by atoms with Crippen LogP contribution in [0.1, 0.15) is 21.7 Å². The largest absolute Gasteiger partial charge is 0.452 e. The van der Waals surface area contributed by atoms with Crippen LogP contribution in [0.5, 0.6) is 0 Å². The molecule has 0 unspecified atom stereocenters. The van der Waals surface area contributed by atoms with Gasteiger partial charge >= 0.3 is 0 Å². The molecule has 0 N–H and O–H groups in total. The van der Waals surface area contributed by atoms with E-state index in [1.165, 1.54) is 0 Å². The van der Waals surface area contributed by atoms with Gasteiger partial charge in [-0.05, 0) is 54.4 Å². The molecular formula is C22H13Cl3O2. The Kier molecular flexibility index (Phi) is 4.73. The van der Waals surface area contributed by atoms with Crippen molar-refractivity contribution in [1.82, 2.24) is 0 Å². The van der Waals surface area contributed by atoms with E-state index in [1.54, 1.807) is 18.2 Å². The Morgan fingerprint density at radius 3 is 2.33 bits per heavy atom. The molecule has 0 spiro atoms. The minimum Gasteiger partial charge on any atom is -0.452 e. The van der Waals surface area contributed by atoms with Gasteiger partial charge in [0.1, 0.15) is 5.58 Å². The lowest BCUT2D eigenvalue weighted by atomic mass is 10.0. The van der Waals surface area contributed by atoms with E-state index in [0.29, 0.717) is 26.2 Å². The molecule has 0 aliphatic heterocycles. The summed E-state index contributed by atoms with van der Waals surface area (Å²) in [7, 11) is 0. The topological polar surface area (TPSA) is 30.2 Å². The molecule has 5 heteroatoms. The summed E-state index contributed by atoms with van der Waals surface area (Å²) in [5, 5.41) is 2.32. The minimum absolute atomic E-state index is 0.269. The third-order valence-corrected chi connectivity index (χ3v) is 5.26. The SMILES string of the molecule is Cc1c(C(=O)c2ccc(Cl)cc2Cl)oc2cc(-c3cccc(Cl)c3)ccc12. The first-order chi connectivity index (χ1) is 12.9. The Bertz CT molecular complexity index is 1190. The third-order valence-electron chi connectivity index (χ3n) is 4.48. The predicted octanol–water partition coefficient (Wildman–Crippen LogP) is 7.60. The van der Waals surface area contributed by atoms with E-state index >= 15 is 0 Å². The number of benzene rings is 3. The van der Waals surface area contributed by atoms with Crippen LogP contribution in [0.3, 0.4) is 0 Å². The summed E-state index contributed by atoms with van der Waals surface area (Å²) < 4.78 is 5.92. The number of halogens is 3. The van der Waals surface area contributed by atoms with Gasteiger partial charge in [-0.2, -0.15) is 0 Å². The molecule has 0 bridgehead atoms. The van der Waals surface area contributed by atoms with Gasteiger partial charge in [0.15, 0.2) is 5.76 Å². The van der Waals surface area contributed by atoms with E-state index in [4.69, 9.17) is 39.2 Å². The van der Waals surface area contributed by atoms with Crippen molar-refractivity contribution in [1.29, 1.82) is 0 Å². The molecule has 0 aliphatic carbocycles. The minimum atomic E-state index is -0.269. The molecule has 0 saturated heterocycles. The van der Waals surface area contributed by atoms with Crippen molar-refractivity contribution in [3.8, 4) is 11.1 Å². The van der Waals surface area contributed by atoms with Crippen molar-refractivity contribution in [2.75, 3.05) is 0 Å². The standard InChI is InChI=1S/C22H13Cl3O2/c1-12-17-7-5-14(13-3-2-4-15(23)9-13)10-20(17)27-22(12)21(26)18-8-6-16(24)11-19(18)25/h2-11H,1H3. The Balaban J connectivity index is 1.81. The van der Waals surface area contributed by atoms with E-state index in [2.05, 4.69) is 0 Å². The number of fused-ring (bicyclic) bond motifs is 1. The van der Waals surface area contributed by atoms with Crippen molar-refractivity contribution < 1.29 is 9.21 Å². The van der Waals surface area contributed by atoms with E-state index in [1.807, 2.05) is 49.4 Å². The zero-order chi connectivity index (χ0) is 19.1. The molecule has 2 nitrogen and oxygen atoms in total. The maximum absolute atomic E-state index is 12.9. The number of aryl methyl sites for hydroxylation is 1. The third kappa shape index (κ3) is 3.37. The molecule has 4 rings (SSSR count). The van der Waals surface area contributed by atoms with Gasteiger partial charge in [0.25, 0.3) is 0 Å². The van der Waals surface area contributed by atoms with Crippen molar-refractivity contribution >= 4 is 51.6 Å². The van der Waals surface area contributed by atoms with Crippen LogP contribution in [0.4, 0.5) is 0 Å². The molecule has 0 amide bonds. The smallest absolute Gasteiger partial charge is 0.229 e. The second kappa shape index (κ2) is 7.05. The number of carbonyl (C=O) groups is 1. The van der Waals surface area contributed by atoms with Gasteiger partial charge in [0, 0.05) is 26.6 Å². The first-order valence-corrected chi connectivity index (χ1v) is 9.36. The number of furan rings is 1. The fraction of sp³-hybridized carbons (Fsp3) is 0.0455. The highest BCUT2D eigenvalue weighted by molar-refractivity contribution is 6.37. The average molecular weight is 416 g/mol. The van der Waals surface area contributed by atoms with Gasteiger partial charge in [-0.3, -0.25) is 4.79 Å². The van der Waals surface area contributed by atoms with E-state index in [-0.39, 0.29) is 11.5 Å². The monoisotopic (exact) mass is 414 g/mol. The van der Waals surface area contributed by atoms with Crippen molar-refractivity contribution in [2.24, 2.45) is 0 Å². The number of hydrogen-bond acceptors (Lipinski definition) is 2. The molecular weight excluding hydrogens is 403 g/mol. The highest BCUT2D eigenvalue weighted by atomic mass is 35.5. The Morgan fingerprint density at radius 1 is 0.852 bits per heavy atom. The van der Waals surface area contributed by atoms with Crippen LogP contribution < -0.4 is 0 Å².